The second-order valence-corrected chi connectivity index (χ2v) is 4.58. The predicted molar refractivity (Wildman–Crippen MR) is 78.8 cm³/mol. The number of benzene rings is 2. The van der Waals surface area contributed by atoms with Gasteiger partial charge in [-0.05, 0) is 23.8 Å². The molecule has 0 amide bonds. The van der Waals surface area contributed by atoms with Crippen LogP contribution in [0.2, 0.25) is 0 Å². The molecule has 0 spiro atoms. The molecular weight excluding hydrogens is 254 g/mol. The normalized spacial score (nSPS) is 10.8. The molecule has 20 heavy (non-hydrogen) atoms. The zero-order valence-corrected chi connectivity index (χ0v) is 10.7. The summed E-state index contributed by atoms with van der Waals surface area (Å²) in [5.41, 5.74) is 6.73. The first-order valence-electron chi connectivity index (χ1n) is 6.22. The number of nitrogen functional groups attached to an aromatic ring is 1. The quantitative estimate of drug-likeness (QED) is 0.687. The van der Waals surface area contributed by atoms with E-state index < -0.39 is 0 Å². The maximum absolute atomic E-state index is 12.3. The summed E-state index contributed by atoms with van der Waals surface area (Å²) in [6.45, 7) is 0.242. The highest BCUT2D eigenvalue weighted by atomic mass is 16.2. The van der Waals surface area contributed by atoms with Crippen molar-refractivity contribution in [3.05, 3.63) is 74.8 Å². The fourth-order valence-electron chi connectivity index (χ4n) is 2.21. The summed E-state index contributed by atoms with van der Waals surface area (Å²) < 4.78 is 1.29. The summed E-state index contributed by atoms with van der Waals surface area (Å²) in [7, 11) is 0. The summed E-state index contributed by atoms with van der Waals surface area (Å²) in [5.74, 6) is 0. The van der Waals surface area contributed by atoms with Crippen LogP contribution in [0, 0.1) is 0 Å². The molecule has 1 heterocycles. The van der Waals surface area contributed by atoms with Crippen LogP contribution in [0.3, 0.4) is 0 Å². The molecule has 0 saturated heterocycles. The van der Waals surface area contributed by atoms with E-state index in [0.29, 0.717) is 16.5 Å². The number of nitrogens with one attached hydrogen (secondary N) is 1. The molecular formula is C15H13N3O2. The average Bonchev–Trinajstić information content (AvgIpc) is 2.47. The Morgan fingerprint density at radius 3 is 2.35 bits per heavy atom. The lowest BCUT2D eigenvalue weighted by molar-refractivity contribution is 0.638. The summed E-state index contributed by atoms with van der Waals surface area (Å²) in [4.78, 5) is 24.3. The largest absolute Gasteiger partial charge is 0.398 e. The number of hydrogen-bond acceptors (Lipinski definition) is 3. The van der Waals surface area contributed by atoms with Crippen LogP contribution in [-0.2, 0) is 6.54 Å². The Balaban J connectivity index is 2.19. The molecule has 100 valence electrons. The number of nitrogens with two attached hydrogens (primary N) is 1. The van der Waals surface area contributed by atoms with E-state index in [1.54, 1.807) is 30.3 Å². The maximum Gasteiger partial charge on any atom is 0.273 e. The van der Waals surface area contributed by atoms with Gasteiger partial charge in [0.15, 0.2) is 0 Å². The second kappa shape index (κ2) is 4.70. The van der Waals surface area contributed by atoms with Gasteiger partial charge in [-0.3, -0.25) is 14.7 Å². The van der Waals surface area contributed by atoms with Gasteiger partial charge in [0.25, 0.3) is 11.1 Å². The molecule has 0 saturated carbocycles. The van der Waals surface area contributed by atoms with Crippen LogP contribution in [0.4, 0.5) is 5.69 Å². The summed E-state index contributed by atoms with van der Waals surface area (Å²) in [6.07, 6.45) is 0. The van der Waals surface area contributed by atoms with Gasteiger partial charge in [-0.2, -0.15) is 0 Å². The lowest BCUT2D eigenvalue weighted by atomic mass is 10.1. The summed E-state index contributed by atoms with van der Waals surface area (Å²) in [5, 5.41) is 3.39. The summed E-state index contributed by atoms with van der Waals surface area (Å²) in [6, 6.07) is 14.0. The molecule has 0 aliphatic heterocycles. The summed E-state index contributed by atoms with van der Waals surface area (Å²) >= 11 is 0. The number of hydrogen-bond donors (Lipinski definition) is 2. The van der Waals surface area contributed by atoms with E-state index >= 15 is 0 Å². The SMILES string of the molecule is Nc1ccccc1Cn1[nH]c(=O)c2ccccc2c1=O. The molecule has 2 aromatic carbocycles. The zero-order valence-electron chi connectivity index (χ0n) is 10.7. The fraction of sp³-hybridized carbons (Fsp3) is 0.0667. The van der Waals surface area contributed by atoms with Crippen molar-refractivity contribution in [2.75, 3.05) is 5.73 Å². The average molecular weight is 267 g/mol. The van der Waals surface area contributed by atoms with Crippen molar-refractivity contribution in [2.24, 2.45) is 0 Å². The van der Waals surface area contributed by atoms with Crippen molar-refractivity contribution in [3.8, 4) is 0 Å². The highest BCUT2D eigenvalue weighted by molar-refractivity contribution is 5.80. The van der Waals surface area contributed by atoms with Gasteiger partial charge < -0.3 is 5.73 Å². The van der Waals surface area contributed by atoms with Crippen LogP contribution in [-0.4, -0.2) is 9.78 Å². The molecule has 0 radical (unpaired) electrons. The Hall–Kier alpha value is -2.82. The van der Waals surface area contributed by atoms with E-state index in [4.69, 9.17) is 5.73 Å². The first-order chi connectivity index (χ1) is 9.66. The Labute approximate surface area is 114 Å². The van der Waals surface area contributed by atoms with Gasteiger partial charge in [0.05, 0.1) is 17.3 Å². The van der Waals surface area contributed by atoms with E-state index in [9.17, 15) is 9.59 Å². The topological polar surface area (TPSA) is 80.9 Å². The molecule has 5 nitrogen and oxygen atoms in total. The lowest BCUT2D eigenvalue weighted by Crippen LogP contribution is -2.30. The van der Waals surface area contributed by atoms with Gasteiger partial charge in [0, 0.05) is 5.69 Å². The van der Waals surface area contributed by atoms with Gasteiger partial charge in [-0.1, -0.05) is 30.3 Å². The van der Waals surface area contributed by atoms with E-state index in [1.807, 2.05) is 18.2 Å². The van der Waals surface area contributed by atoms with Crippen molar-refractivity contribution in [1.29, 1.82) is 0 Å². The third-order valence-corrected chi connectivity index (χ3v) is 3.27. The second-order valence-electron chi connectivity index (χ2n) is 4.58. The van der Waals surface area contributed by atoms with Gasteiger partial charge in [0.2, 0.25) is 0 Å². The van der Waals surface area contributed by atoms with E-state index in [2.05, 4.69) is 5.10 Å². The van der Waals surface area contributed by atoms with E-state index in [-0.39, 0.29) is 17.7 Å². The Kier molecular flexibility index (Phi) is 2.87. The number of aromatic nitrogens is 2. The third kappa shape index (κ3) is 1.99. The van der Waals surface area contributed by atoms with E-state index in [0.717, 1.165) is 5.56 Å². The molecule has 0 atom stereocenters. The first-order valence-corrected chi connectivity index (χ1v) is 6.22. The van der Waals surface area contributed by atoms with Gasteiger partial charge in [-0.15, -0.1) is 0 Å². The number of anilines is 1. The van der Waals surface area contributed by atoms with Crippen molar-refractivity contribution in [1.82, 2.24) is 9.78 Å². The number of fused-ring (bicyclic) bond motifs is 1. The number of H-pyrrole nitrogens is 1. The number of rotatable bonds is 2. The molecule has 0 aliphatic rings. The first kappa shape index (κ1) is 12.2. The van der Waals surface area contributed by atoms with E-state index in [1.165, 1.54) is 4.68 Å². The molecule has 3 rings (SSSR count). The van der Waals surface area contributed by atoms with Crippen molar-refractivity contribution in [3.63, 3.8) is 0 Å². The van der Waals surface area contributed by atoms with Crippen LogP contribution in [0.1, 0.15) is 5.56 Å². The highest BCUT2D eigenvalue weighted by Crippen LogP contribution is 2.11. The predicted octanol–water partition coefficient (Wildman–Crippen LogP) is 1.32. The number of nitrogens with zero attached hydrogens (tertiary/aromatic N) is 1. The van der Waals surface area contributed by atoms with Crippen LogP contribution in [0.15, 0.2) is 58.1 Å². The molecule has 0 unspecified atom stereocenters. The minimum atomic E-state index is -0.283. The minimum absolute atomic E-state index is 0.233. The lowest BCUT2D eigenvalue weighted by Gasteiger charge is -2.09. The highest BCUT2D eigenvalue weighted by Gasteiger charge is 2.07. The molecule has 0 bridgehead atoms. The number of para-hydroxylation sites is 1. The van der Waals surface area contributed by atoms with Gasteiger partial charge in [0.1, 0.15) is 0 Å². The van der Waals surface area contributed by atoms with Crippen LogP contribution in [0.5, 0.6) is 0 Å². The molecule has 0 fully saturated rings. The zero-order chi connectivity index (χ0) is 14.1. The maximum atomic E-state index is 12.3. The van der Waals surface area contributed by atoms with Crippen LogP contribution < -0.4 is 16.9 Å². The van der Waals surface area contributed by atoms with Crippen molar-refractivity contribution in [2.45, 2.75) is 6.54 Å². The molecule has 1 aromatic heterocycles. The Morgan fingerprint density at radius 2 is 1.60 bits per heavy atom. The Morgan fingerprint density at radius 1 is 0.950 bits per heavy atom. The third-order valence-electron chi connectivity index (χ3n) is 3.27. The molecule has 0 aliphatic carbocycles. The van der Waals surface area contributed by atoms with Crippen LogP contribution >= 0.6 is 0 Å². The number of aromatic amines is 1. The van der Waals surface area contributed by atoms with Crippen LogP contribution in [0.25, 0.3) is 10.8 Å². The van der Waals surface area contributed by atoms with Gasteiger partial charge >= 0.3 is 0 Å². The monoisotopic (exact) mass is 267 g/mol. The fourth-order valence-corrected chi connectivity index (χ4v) is 2.21. The van der Waals surface area contributed by atoms with Gasteiger partial charge in [-0.25, -0.2) is 4.68 Å². The van der Waals surface area contributed by atoms with Crippen molar-refractivity contribution < 1.29 is 0 Å². The smallest absolute Gasteiger partial charge is 0.273 e. The molecule has 5 heteroatoms. The minimum Gasteiger partial charge on any atom is -0.398 e. The standard InChI is InChI=1S/C15H13N3O2/c16-13-8-4-1-5-10(13)9-18-15(20)12-7-3-2-6-11(12)14(19)17-18/h1-8H,9,16H2,(H,17,19). The molecule has 3 N–H and O–H groups in total. The Bertz CT molecular complexity index is 893. The van der Waals surface area contributed by atoms with Crippen molar-refractivity contribution >= 4 is 16.5 Å². The molecule has 3 aromatic rings.